The van der Waals surface area contributed by atoms with E-state index in [-0.39, 0.29) is 0 Å². The number of rotatable bonds is 4. The molecule has 0 bridgehead atoms. The van der Waals surface area contributed by atoms with Gasteiger partial charge in [0.1, 0.15) is 22.3 Å². The van der Waals surface area contributed by atoms with Crippen LogP contribution < -0.4 is 4.90 Å². The molecule has 9 aromatic rings. The third kappa shape index (κ3) is 3.81. The summed E-state index contributed by atoms with van der Waals surface area (Å²) in [5, 5.41) is 5.39. The van der Waals surface area contributed by atoms with E-state index >= 15 is 0 Å². The highest BCUT2D eigenvalue weighted by Crippen LogP contribution is 2.42. The van der Waals surface area contributed by atoms with E-state index < -0.39 is 0 Å². The lowest BCUT2D eigenvalue weighted by molar-refractivity contribution is 0.669. The van der Waals surface area contributed by atoms with E-state index in [4.69, 9.17) is 8.83 Å². The molecule has 0 atom stereocenters. The highest BCUT2D eigenvalue weighted by Gasteiger charge is 2.18. The van der Waals surface area contributed by atoms with Crippen LogP contribution in [-0.4, -0.2) is 4.98 Å². The standard InChI is InChI=1S/C39H24N2O2/c1-2-7-25(8-3-1)26-12-15-28(16-13-26)41(30-17-20-32-31-10-4-5-11-35(31)42-37(32)24-30)29-18-21-36-34(23-29)33-19-14-27-9-6-22-40-38(27)39(33)43-36/h1-24H. The van der Waals surface area contributed by atoms with Crippen molar-refractivity contribution >= 4 is 71.8 Å². The van der Waals surface area contributed by atoms with Crippen molar-refractivity contribution in [1.29, 1.82) is 0 Å². The molecule has 3 aromatic heterocycles. The molecule has 0 aliphatic carbocycles. The van der Waals surface area contributed by atoms with E-state index in [1.54, 1.807) is 0 Å². The SMILES string of the molecule is c1ccc(-c2ccc(N(c3ccc4c(c3)oc3ccccc34)c3ccc4oc5c(ccc6cccnc65)c4c3)cc2)cc1. The summed E-state index contributed by atoms with van der Waals surface area (Å²) in [6, 6.07) is 48.5. The number of anilines is 3. The lowest BCUT2D eigenvalue weighted by Crippen LogP contribution is -2.09. The quantitative estimate of drug-likeness (QED) is 0.218. The first-order chi connectivity index (χ1) is 21.3. The highest BCUT2D eigenvalue weighted by atomic mass is 16.3. The minimum atomic E-state index is 0.813. The summed E-state index contributed by atoms with van der Waals surface area (Å²) in [7, 11) is 0. The van der Waals surface area contributed by atoms with Gasteiger partial charge < -0.3 is 13.7 Å². The molecule has 0 aliphatic rings. The fourth-order valence-electron chi connectivity index (χ4n) is 6.23. The smallest absolute Gasteiger partial charge is 0.161 e. The van der Waals surface area contributed by atoms with Crippen molar-refractivity contribution in [2.24, 2.45) is 0 Å². The van der Waals surface area contributed by atoms with Crippen molar-refractivity contribution in [2.75, 3.05) is 4.90 Å². The number of pyridine rings is 1. The second-order valence-electron chi connectivity index (χ2n) is 10.8. The van der Waals surface area contributed by atoms with Gasteiger partial charge in [-0.05, 0) is 71.8 Å². The van der Waals surface area contributed by atoms with Crippen molar-refractivity contribution in [3.8, 4) is 11.1 Å². The maximum atomic E-state index is 6.37. The van der Waals surface area contributed by atoms with Gasteiger partial charge >= 0.3 is 0 Å². The molecule has 0 amide bonds. The Morgan fingerprint density at radius 3 is 2.05 bits per heavy atom. The highest BCUT2D eigenvalue weighted by molar-refractivity contribution is 6.14. The summed E-state index contributed by atoms with van der Waals surface area (Å²) in [6.07, 6.45) is 1.81. The predicted octanol–water partition coefficient (Wildman–Crippen LogP) is 11.2. The van der Waals surface area contributed by atoms with Gasteiger partial charge in [-0.2, -0.15) is 0 Å². The van der Waals surface area contributed by atoms with E-state index in [9.17, 15) is 0 Å². The Morgan fingerprint density at radius 1 is 0.442 bits per heavy atom. The van der Waals surface area contributed by atoms with Crippen molar-refractivity contribution < 1.29 is 8.83 Å². The fourth-order valence-corrected chi connectivity index (χ4v) is 6.23. The van der Waals surface area contributed by atoms with Gasteiger partial charge in [0, 0.05) is 56.3 Å². The zero-order valence-electron chi connectivity index (χ0n) is 23.1. The molecule has 43 heavy (non-hydrogen) atoms. The number of furan rings is 2. The fraction of sp³-hybridized carbons (Fsp3) is 0. The van der Waals surface area contributed by atoms with Gasteiger partial charge in [-0.1, -0.05) is 72.8 Å². The van der Waals surface area contributed by atoms with Crippen LogP contribution >= 0.6 is 0 Å². The third-order valence-corrected chi connectivity index (χ3v) is 8.30. The van der Waals surface area contributed by atoms with Gasteiger partial charge in [0.05, 0.1) is 0 Å². The molecule has 0 spiro atoms. The molecule has 0 unspecified atom stereocenters. The number of para-hydroxylation sites is 1. The Hall–Kier alpha value is -5.87. The van der Waals surface area contributed by atoms with Crippen LogP contribution in [0.5, 0.6) is 0 Å². The second-order valence-corrected chi connectivity index (χ2v) is 10.8. The average Bonchev–Trinajstić information content (AvgIpc) is 3.64. The molecule has 3 heterocycles. The minimum Gasteiger partial charge on any atom is -0.456 e. The summed E-state index contributed by atoms with van der Waals surface area (Å²) < 4.78 is 12.7. The van der Waals surface area contributed by atoms with Gasteiger partial charge in [-0.3, -0.25) is 4.98 Å². The van der Waals surface area contributed by atoms with Crippen LogP contribution in [0.3, 0.4) is 0 Å². The maximum absolute atomic E-state index is 6.37. The third-order valence-electron chi connectivity index (χ3n) is 8.30. The Bertz CT molecular complexity index is 2450. The molecule has 4 heteroatoms. The van der Waals surface area contributed by atoms with E-state index in [1.807, 2.05) is 30.5 Å². The Morgan fingerprint density at radius 2 is 1.14 bits per heavy atom. The molecule has 0 N–H and O–H groups in total. The van der Waals surface area contributed by atoms with Crippen LogP contribution in [0.15, 0.2) is 155 Å². The molecule has 0 radical (unpaired) electrons. The number of aromatic nitrogens is 1. The number of benzene rings is 6. The maximum Gasteiger partial charge on any atom is 0.161 e. The van der Waals surface area contributed by atoms with Gasteiger partial charge in [0.2, 0.25) is 0 Å². The normalized spacial score (nSPS) is 11.7. The molecular formula is C39H24N2O2. The van der Waals surface area contributed by atoms with Crippen LogP contribution in [0.4, 0.5) is 17.1 Å². The van der Waals surface area contributed by atoms with Crippen LogP contribution in [-0.2, 0) is 0 Å². The van der Waals surface area contributed by atoms with E-state index in [1.165, 1.54) is 11.1 Å². The second kappa shape index (κ2) is 9.33. The zero-order valence-corrected chi connectivity index (χ0v) is 23.1. The van der Waals surface area contributed by atoms with Crippen molar-refractivity contribution in [2.45, 2.75) is 0 Å². The van der Waals surface area contributed by atoms with Crippen LogP contribution in [0.2, 0.25) is 0 Å². The molecule has 202 valence electrons. The lowest BCUT2D eigenvalue weighted by atomic mass is 10.0. The van der Waals surface area contributed by atoms with E-state index in [0.29, 0.717) is 0 Å². The predicted molar refractivity (Wildman–Crippen MR) is 176 cm³/mol. The Balaban J connectivity index is 1.24. The first-order valence-electron chi connectivity index (χ1n) is 14.4. The summed E-state index contributed by atoms with van der Waals surface area (Å²) in [6.45, 7) is 0. The van der Waals surface area contributed by atoms with Gasteiger partial charge in [-0.15, -0.1) is 0 Å². The van der Waals surface area contributed by atoms with Gasteiger partial charge in [0.25, 0.3) is 0 Å². The molecule has 6 aromatic carbocycles. The van der Waals surface area contributed by atoms with Crippen LogP contribution in [0.25, 0.3) is 65.9 Å². The largest absolute Gasteiger partial charge is 0.456 e. The number of fused-ring (bicyclic) bond motifs is 8. The van der Waals surface area contributed by atoms with Crippen molar-refractivity contribution in [3.63, 3.8) is 0 Å². The molecular weight excluding hydrogens is 528 g/mol. The monoisotopic (exact) mass is 552 g/mol. The van der Waals surface area contributed by atoms with Crippen molar-refractivity contribution in [3.05, 3.63) is 146 Å². The molecule has 0 saturated heterocycles. The molecule has 0 fully saturated rings. The van der Waals surface area contributed by atoms with E-state index in [2.05, 4.69) is 125 Å². The number of nitrogens with zero attached hydrogens (tertiary/aromatic N) is 2. The van der Waals surface area contributed by atoms with Crippen molar-refractivity contribution in [1.82, 2.24) is 4.98 Å². The number of hydrogen-bond donors (Lipinski definition) is 0. The Labute approximate surface area is 247 Å². The zero-order chi connectivity index (χ0) is 28.3. The number of hydrogen-bond acceptors (Lipinski definition) is 4. The molecule has 0 aliphatic heterocycles. The first kappa shape index (κ1) is 23.8. The molecule has 4 nitrogen and oxygen atoms in total. The van der Waals surface area contributed by atoms with Crippen LogP contribution in [0, 0.1) is 0 Å². The summed E-state index contributed by atoms with van der Waals surface area (Å²) >= 11 is 0. The topological polar surface area (TPSA) is 42.4 Å². The summed E-state index contributed by atoms with van der Waals surface area (Å²) in [5.41, 5.74) is 9.73. The Kier molecular flexibility index (Phi) is 5.16. The minimum absolute atomic E-state index is 0.813. The molecule has 9 rings (SSSR count). The summed E-state index contributed by atoms with van der Waals surface area (Å²) in [5.74, 6) is 0. The van der Waals surface area contributed by atoms with Gasteiger partial charge in [0.15, 0.2) is 5.58 Å². The average molecular weight is 553 g/mol. The first-order valence-corrected chi connectivity index (χ1v) is 14.4. The lowest BCUT2D eigenvalue weighted by Gasteiger charge is -2.25. The van der Waals surface area contributed by atoms with Crippen LogP contribution in [0.1, 0.15) is 0 Å². The van der Waals surface area contributed by atoms with E-state index in [0.717, 1.165) is 71.8 Å². The molecule has 0 saturated carbocycles. The van der Waals surface area contributed by atoms with Gasteiger partial charge in [-0.25, -0.2) is 0 Å². The summed E-state index contributed by atoms with van der Waals surface area (Å²) in [4.78, 5) is 6.90.